The molecule has 0 aliphatic rings. The molecule has 0 aliphatic heterocycles. The number of hydrogen-bond donors (Lipinski definition) is 0. The van der Waals surface area contributed by atoms with Crippen LogP contribution in [-0.4, -0.2) is 19.3 Å². The van der Waals surface area contributed by atoms with Crippen LogP contribution in [0.1, 0.15) is 13.8 Å². The molecule has 0 amide bonds. The molecule has 0 saturated carbocycles. The van der Waals surface area contributed by atoms with Crippen molar-refractivity contribution in [1.82, 2.24) is 0 Å². The quantitative estimate of drug-likeness (QED) is 0.372. The van der Waals surface area contributed by atoms with Crippen LogP contribution in [0.15, 0.2) is 0 Å². The average molecular weight is 152 g/mol. The van der Waals surface area contributed by atoms with E-state index in [2.05, 4.69) is 9.31 Å². The number of carbonyl (C=O) groups excluding carboxylic acids is 2. The van der Waals surface area contributed by atoms with E-state index < -0.39 is 19.3 Å². The molecule has 11 heavy (non-hydrogen) atoms. The van der Waals surface area contributed by atoms with Crippen LogP contribution >= 0.6 is 0 Å². The second kappa shape index (κ2) is 6.28. The van der Waals surface area contributed by atoms with Crippen molar-refractivity contribution in [3.63, 3.8) is 0 Å². The Hall–Kier alpha value is -0.438. The van der Waals surface area contributed by atoms with Crippen LogP contribution in [-0.2, 0) is 18.9 Å². The average Bonchev–Trinajstić information content (AvgIpc) is 1.58. The Labute approximate surface area is 76.4 Å². The van der Waals surface area contributed by atoms with Gasteiger partial charge in [0.25, 0.3) is 11.9 Å². The van der Waals surface area contributed by atoms with Crippen LogP contribution in [0.2, 0.25) is 0 Å². The first-order chi connectivity index (χ1) is 4.52. The Morgan fingerprint density at radius 3 is 1.64 bits per heavy atom. The molecule has 0 radical (unpaired) electrons. The normalized spacial score (nSPS) is 7.55. The molecule has 0 fully saturated rings. The summed E-state index contributed by atoms with van der Waals surface area (Å²) in [5, 5.41) is 10.3. The summed E-state index contributed by atoms with van der Waals surface area (Å²) >= 11 is 0. The first-order valence-electron chi connectivity index (χ1n) is 2.52. The minimum absolute atomic E-state index is 0. The van der Waals surface area contributed by atoms with E-state index in [0.717, 1.165) is 13.8 Å². The molecule has 7 heteroatoms. The van der Waals surface area contributed by atoms with Gasteiger partial charge in [0.2, 0.25) is 0 Å². The molecule has 0 aromatic heterocycles. The second-order valence-corrected chi connectivity index (χ2v) is 1.51. The van der Waals surface area contributed by atoms with Crippen molar-refractivity contribution in [1.29, 1.82) is 0 Å². The molecule has 0 N–H and O–H groups in total. The molecule has 0 aromatic rings. The fourth-order valence-electron chi connectivity index (χ4n) is 0.295. The standard InChI is InChI=1S/C4H6BO5.Li/c1-3(6)9-5(8)10-4(2)7;/h1-2H3;/q-1;+1. The smallest absolute Gasteiger partial charge is 0.808 e. The van der Waals surface area contributed by atoms with Crippen LogP contribution in [0.4, 0.5) is 0 Å². The van der Waals surface area contributed by atoms with Crippen molar-refractivity contribution in [3.05, 3.63) is 0 Å². The first-order valence-corrected chi connectivity index (χ1v) is 2.52. The zero-order valence-electron chi connectivity index (χ0n) is 6.62. The van der Waals surface area contributed by atoms with Gasteiger partial charge < -0.3 is 14.3 Å². The maximum Gasteiger partial charge on any atom is 1.00 e. The summed E-state index contributed by atoms with van der Waals surface area (Å²) in [6.07, 6.45) is 0. The van der Waals surface area contributed by atoms with Crippen molar-refractivity contribution in [2.45, 2.75) is 13.8 Å². The maximum atomic E-state index is 10.3. The third-order valence-corrected chi connectivity index (χ3v) is 0.524. The maximum absolute atomic E-state index is 10.3. The molecular weight excluding hydrogens is 146 g/mol. The summed E-state index contributed by atoms with van der Waals surface area (Å²) in [5.74, 6) is -1.55. The second-order valence-electron chi connectivity index (χ2n) is 1.51. The molecule has 0 spiro atoms. The Morgan fingerprint density at radius 1 is 1.18 bits per heavy atom. The van der Waals surface area contributed by atoms with Gasteiger partial charge in [0.1, 0.15) is 0 Å². The third kappa shape index (κ3) is 9.56. The summed E-state index contributed by atoms with van der Waals surface area (Å²) in [6, 6.07) is 0. The zero-order valence-corrected chi connectivity index (χ0v) is 6.62. The summed E-state index contributed by atoms with van der Waals surface area (Å²) < 4.78 is 7.85. The van der Waals surface area contributed by atoms with Gasteiger partial charge in [-0.3, -0.25) is 9.59 Å². The summed E-state index contributed by atoms with van der Waals surface area (Å²) in [5.41, 5.74) is 0. The molecule has 56 valence electrons. The summed E-state index contributed by atoms with van der Waals surface area (Å²) in [7, 11) is -2.03. The van der Waals surface area contributed by atoms with Crippen LogP contribution < -0.4 is 23.9 Å². The molecule has 0 saturated heterocycles. The van der Waals surface area contributed by atoms with Crippen LogP contribution in [0.5, 0.6) is 0 Å². The molecule has 0 heterocycles. The van der Waals surface area contributed by atoms with E-state index in [1.54, 1.807) is 0 Å². The van der Waals surface area contributed by atoms with Gasteiger partial charge in [-0.25, -0.2) is 0 Å². The van der Waals surface area contributed by atoms with E-state index in [4.69, 9.17) is 0 Å². The Balaban J connectivity index is 0. The molecule has 0 rings (SSSR count). The van der Waals surface area contributed by atoms with Crippen molar-refractivity contribution >= 4 is 19.3 Å². The van der Waals surface area contributed by atoms with Crippen LogP contribution in [0.25, 0.3) is 0 Å². The van der Waals surface area contributed by atoms with Crippen molar-refractivity contribution in [2.24, 2.45) is 0 Å². The molecule has 0 unspecified atom stereocenters. The Kier molecular flexibility index (Phi) is 7.53. The van der Waals surface area contributed by atoms with Gasteiger partial charge >= 0.3 is 26.2 Å². The predicted molar refractivity (Wildman–Crippen MR) is 29.3 cm³/mol. The zero-order chi connectivity index (χ0) is 8.15. The van der Waals surface area contributed by atoms with Gasteiger partial charge in [-0.05, 0) is 0 Å². The fraction of sp³-hybridized carbons (Fsp3) is 0.500. The topological polar surface area (TPSA) is 75.7 Å². The largest absolute Gasteiger partial charge is 1.00 e. The van der Waals surface area contributed by atoms with E-state index >= 15 is 0 Å². The molecule has 0 aromatic carbocycles. The molecule has 0 atom stereocenters. The molecule has 0 aliphatic carbocycles. The van der Waals surface area contributed by atoms with Gasteiger partial charge in [-0.2, -0.15) is 0 Å². The minimum Gasteiger partial charge on any atom is -0.808 e. The first kappa shape index (κ1) is 13.2. The van der Waals surface area contributed by atoms with Crippen LogP contribution in [0, 0.1) is 0 Å². The summed E-state index contributed by atoms with van der Waals surface area (Å²) in [4.78, 5) is 20.0. The van der Waals surface area contributed by atoms with Crippen molar-refractivity contribution in [3.8, 4) is 0 Å². The van der Waals surface area contributed by atoms with Gasteiger partial charge in [-0.1, -0.05) is 0 Å². The molecule has 0 bridgehead atoms. The van der Waals surface area contributed by atoms with Gasteiger partial charge in [0.15, 0.2) is 0 Å². The number of carbonyl (C=O) groups is 2. The van der Waals surface area contributed by atoms with Gasteiger partial charge in [0, 0.05) is 13.8 Å². The minimum atomic E-state index is -2.03. The van der Waals surface area contributed by atoms with Gasteiger partial charge in [-0.15, -0.1) is 0 Å². The Bertz CT molecular complexity index is 133. The SMILES string of the molecule is CC(=O)OB([O-])OC(C)=O.[Li+]. The number of hydrogen-bond acceptors (Lipinski definition) is 5. The van der Waals surface area contributed by atoms with E-state index in [1.807, 2.05) is 0 Å². The predicted octanol–water partition coefficient (Wildman–Crippen LogP) is -4.54. The van der Waals surface area contributed by atoms with Crippen molar-refractivity contribution < 1.29 is 42.8 Å². The fourth-order valence-corrected chi connectivity index (χ4v) is 0.295. The summed E-state index contributed by atoms with van der Waals surface area (Å²) in [6.45, 7) is 2.10. The molecular formula is C4H6BLiO5. The Morgan fingerprint density at radius 2 is 1.45 bits per heavy atom. The third-order valence-electron chi connectivity index (χ3n) is 0.524. The monoisotopic (exact) mass is 152 g/mol. The molecule has 5 nitrogen and oxygen atoms in total. The number of rotatable bonds is 2. The van der Waals surface area contributed by atoms with Gasteiger partial charge in [0.05, 0.1) is 0 Å². The van der Waals surface area contributed by atoms with E-state index in [0.29, 0.717) is 0 Å². The van der Waals surface area contributed by atoms with Crippen molar-refractivity contribution in [2.75, 3.05) is 0 Å². The van der Waals surface area contributed by atoms with E-state index in [9.17, 15) is 14.6 Å². The van der Waals surface area contributed by atoms with Crippen LogP contribution in [0.3, 0.4) is 0 Å². The van der Waals surface area contributed by atoms with E-state index in [-0.39, 0.29) is 18.9 Å². The van der Waals surface area contributed by atoms with E-state index in [1.165, 1.54) is 0 Å².